The van der Waals surface area contributed by atoms with Gasteiger partial charge in [-0.15, -0.1) is 0 Å². The van der Waals surface area contributed by atoms with E-state index in [9.17, 15) is 4.79 Å². The fraction of sp³-hybridized carbons (Fsp3) is 0.526. The molecule has 2 aromatic rings. The topological polar surface area (TPSA) is 77.7 Å². The van der Waals surface area contributed by atoms with Gasteiger partial charge in [-0.1, -0.05) is 13.8 Å². The Bertz CT molecular complexity index is 772. The van der Waals surface area contributed by atoms with Crippen LogP contribution in [0.2, 0.25) is 0 Å². The maximum absolute atomic E-state index is 13.0. The number of methoxy groups -OCH3 is 2. The SMILES string of the molecule is COc1ccc(C(=O)C2CCCN(c3noc(C(C)C)n3)C2)cc1OC. The number of ketones is 1. The van der Waals surface area contributed by atoms with Crippen LogP contribution in [0.5, 0.6) is 11.5 Å². The molecule has 26 heavy (non-hydrogen) atoms. The molecule has 2 heterocycles. The van der Waals surface area contributed by atoms with Crippen molar-refractivity contribution in [3.05, 3.63) is 29.7 Å². The summed E-state index contributed by atoms with van der Waals surface area (Å²) in [4.78, 5) is 19.5. The molecule has 1 unspecified atom stereocenters. The van der Waals surface area contributed by atoms with E-state index in [4.69, 9.17) is 14.0 Å². The fourth-order valence-corrected chi connectivity index (χ4v) is 3.19. The van der Waals surface area contributed by atoms with E-state index in [0.717, 1.165) is 19.4 Å². The molecule has 7 heteroatoms. The molecule has 0 bridgehead atoms. The molecular weight excluding hydrogens is 334 g/mol. The molecule has 1 saturated heterocycles. The maximum atomic E-state index is 13.0. The quantitative estimate of drug-likeness (QED) is 0.732. The molecule has 1 fully saturated rings. The summed E-state index contributed by atoms with van der Waals surface area (Å²) in [7, 11) is 3.14. The van der Waals surface area contributed by atoms with Crippen molar-refractivity contribution in [1.82, 2.24) is 10.1 Å². The lowest BCUT2D eigenvalue weighted by atomic mass is 9.90. The van der Waals surface area contributed by atoms with Crippen LogP contribution in [0.15, 0.2) is 22.7 Å². The van der Waals surface area contributed by atoms with Crippen LogP contribution >= 0.6 is 0 Å². The predicted molar refractivity (Wildman–Crippen MR) is 97.2 cm³/mol. The third-order valence-corrected chi connectivity index (χ3v) is 4.67. The van der Waals surface area contributed by atoms with E-state index in [1.807, 2.05) is 18.7 Å². The molecule has 0 aliphatic carbocycles. The van der Waals surface area contributed by atoms with Crippen molar-refractivity contribution in [3.8, 4) is 11.5 Å². The van der Waals surface area contributed by atoms with E-state index in [0.29, 0.717) is 35.4 Å². The second-order valence-electron chi connectivity index (χ2n) is 6.81. The Labute approximate surface area is 153 Å². The molecule has 1 aromatic heterocycles. The van der Waals surface area contributed by atoms with E-state index in [1.54, 1.807) is 32.4 Å². The molecule has 1 atom stereocenters. The van der Waals surface area contributed by atoms with Gasteiger partial charge in [0.25, 0.3) is 5.95 Å². The van der Waals surface area contributed by atoms with Gasteiger partial charge in [0, 0.05) is 30.5 Å². The van der Waals surface area contributed by atoms with Crippen LogP contribution < -0.4 is 14.4 Å². The van der Waals surface area contributed by atoms with Crippen LogP contribution in [0.3, 0.4) is 0 Å². The van der Waals surface area contributed by atoms with Crippen LogP contribution in [-0.2, 0) is 0 Å². The Morgan fingerprint density at radius 1 is 1.27 bits per heavy atom. The van der Waals surface area contributed by atoms with Crippen molar-refractivity contribution < 1.29 is 18.8 Å². The Morgan fingerprint density at radius 2 is 2.04 bits per heavy atom. The maximum Gasteiger partial charge on any atom is 0.266 e. The fourth-order valence-electron chi connectivity index (χ4n) is 3.19. The molecule has 0 radical (unpaired) electrons. The summed E-state index contributed by atoms with van der Waals surface area (Å²) in [5, 5.41) is 4.07. The summed E-state index contributed by atoms with van der Waals surface area (Å²) >= 11 is 0. The number of rotatable bonds is 6. The van der Waals surface area contributed by atoms with Gasteiger partial charge >= 0.3 is 0 Å². The van der Waals surface area contributed by atoms with Crippen LogP contribution in [0.1, 0.15) is 48.9 Å². The highest BCUT2D eigenvalue weighted by Gasteiger charge is 2.29. The van der Waals surface area contributed by atoms with Gasteiger partial charge in [-0.2, -0.15) is 4.98 Å². The first kappa shape index (κ1) is 18.2. The molecule has 0 spiro atoms. The zero-order chi connectivity index (χ0) is 18.7. The van der Waals surface area contributed by atoms with Crippen LogP contribution in [-0.4, -0.2) is 43.2 Å². The molecule has 7 nitrogen and oxygen atoms in total. The zero-order valence-electron chi connectivity index (χ0n) is 15.7. The van der Waals surface area contributed by atoms with E-state index < -0.39 is 0 Å². The van der Waals surface area contributed by atoms with Gasteiger partial charge in [-0.25, -0.2) is 0 Å². The highest BCUT2D eigenvalue weighted by molar-refractivity contribution is 5.98. The summed E-state index contributed by atoms with van der Waals surface area (Å²) in [6.45, 7) is 5.44. The Hall–Kier alpha value is -2.57. The largest absolute Gasteiger partial charge is 0.493 e. The van der Waals surface area contributed by atoms with Crippen molar-refractivity contribution in [3.63, 3.8) is 0 Å². The van der Waals surface area contributed by atoms with Gasteiger partial charge in [0.05, 0.1) is 14.2 Å². The minimum absolute atomic E-state index is 0.100. The number of aromatic nitrogens is 2. The van der Waals surface area contributed by atoms with E-state index >= 15 is 0 Å². The monoisotopic (exact) mass is 359 g/mol. The average molecular weight is 359 g/mol. The van der Waals surface area contributed by atoms with Crippen LogP contribution in [0.4, 0.5) is 5.95 Å². The van der Waals surface area contributed by atoms with E-state index in [-0.39, 0.29) is 17.6 Å². The summed E-state index contributed by atoms with van der Waals surface area (Å²) in [6.07, 6.45) is 1.76. The highest BCUT2D eigenvalue weighted by Crippen LogP contribution is 2.30. The lowest BCUT2D eigenvalue weighted by Crippen LogP contribution is -2.39. The molecule has 1 aliphatic rings. The highest BCUT2D eigenvalue weighted by atomic mass is 16.5. The number of carbonyl (C=O) groups is 1. The zero-order valence-corrected chi connectivity index (χ0v) is 15.7. The molecule has 0 saturated carbocycles. The predicted octanol–water partition coefficient (Wildman–Crippen LogP) is 3.31. The number of hydrogen-bond donors (Lipinski definition) is 0. The number of anilines is 1. The third kappa shape index (κ3) is 3.66. The first-order valence-corrected chi connectivity index (χ1v) is 8.88. The second kappa shape index (κ2) is 7.76. The van der Waals surface area contributed by atoms with Gasteiger partial charge in [-0.05, 0) is 36.2 Å². The molecular formula is C19H25N3O4. The molecule has 3 rings (SSSR count). The standard InChI is InChI=1S/C19H25N3O4/c1-12(2)18-20-19(21-26-18)22-9-5-6-14(11-22)17(23)13-7-8-15(24-3)16(10-13)25-4/h7-8,10,12,14H,5-6,9,11H2,1-4H3. The van der Waals surface area contributed by atoms with Crippen LogP contribution in [0, 0.1) is 5.92 Å². The summed E-state index contributed by atoms with van der Waals surface area (Å²) in [6, 6.07) is 5.29. The first-order chi connectivity index (χ1) is 12.5. The number of piperidine rings is 1. The number of hydrogen-bond acceptors (Lipinski definition) is 7. The van der Waals surface area contributed by atoms with Gasteiger partial charge in [-0.3, -0.25) is 4.79 Å². The second-order valence-corrected chi connectivity index (χ2v) is 6.81. The summed E-state index contributed by atoms with van der Waals surface area (Å²) in [5.74, 6) is 2.54. The Balaban J connectivity index is 1.75. The molecule has 140 valence electrons. The Kier molecular flexibility index (Phi) is 5.44. The van der Waals surface area contributed by atoms with Crippen molar-refractivity contribution in [2.45, 2.75) is 32.6 Å². The molecule has 1 aliphatic heterocycles. The Morgan fingerprint density at radius 3 is 2.69 bits per heavy atom. The van der Waals surface area contributed by atoms with Crippen molar-refractivity contribution >= 4 is 11.7 Å². The number of carbonyl (C=O) groups excluding carboxylic acids is 1. The van der Waals surface area contributed by atoms with E-state index in [1.165, 1.54) is 0 Å². The molecule has 1 aromatic carbocycles. The minimum Gasteiger partial charge on any atom is -0.493 e. The normalized spacial score (nSPS) is 17.4. The number of ether oxygens (including phenoxy) is 2. The third-order valence-electron chi connectivity index (χ3n) is 4.67. The summed E-state index contributed by atoms with van der Waals surface area (Å²) < 4.78 is 15.8. The minimum atomic E-state index is -0.108. The first-order valence-electron chi connectivity index (χ1n) is 8.88. The lowest BCUT2D eigenvalue weighted by Gasteiger charge is -2.30. The lowest BCUT2D eigenvalue weighted by molar-refractivity contribution is 0.0906. The van der Waals surface area contributed by atoms with Crippen molar-refractivity contribution in [2.24, 2.45) is 5.92 Å². The van der Waals surface area contributed by atoms with Gasteiger partial charge in [0.15, 0.2) is 17.3 Å². The van der Waals surface area contributed by atoms with Crippen LogP contribution in [0.25, 0.3) is 0 Å². The smallest absolute Gasteiger partial charge is 0.266 e. The van der Waals surface area contributed by atoms with Crippen molar-refractivity contribution in [1.29, 1.82) is 0 Å². The molecule has 0 N–H and O–H groups in total. The molecule has 0 amide bonds. The van der Waals surface area contributed by atoms with Gasteiger partial charge < -0.3 is 18.9 Å². The number of benzene rings is 1. The van der Waals surface area contributed by atoms with Gasteiger partial charge in [0.1, 0.15) is 0 Å². The average Bonchev–Trinajstić information content (AvgIpc) is 3.17. The number of Topliss-reactive ketones (excluding diaryl/α,β-unsaturated/α-hetero) is 1. The summed E-state index contributed by atoms with van der Waals surface area (Å²) in [5.41, 5.74) is 0.630. The number of nitrogens with zero attached hydrogens (tertiary/aromatic N) is 3. The van der Waals surface area contributed by atoms with Crippen molar-refractivity contribution in [2.75, 3.05) is 32.2 Å². The van der Waals surface area contributed by atoms with Gasteiger partial charge in [0.2, 0.25) is 5.89 Å². The van der Waals surface area contributed by atoms with E-state index in [2.05, 4.69) is 10.1 Å².